The highest BCUT2D eigenvalue weighted by molar-refractivity contribution is 6.39. The number of aromatic nitrogens is 3. The van der Waals surface area contributed by atoms with E-state index in [1.807, 2.05) is 25.1 Å². The van der Waals surface area contributed by atoms with Gasteiger partial charge in [0, 0.05) is 12.7 Å². The third-order valence-corrected chi connectivity index (χ3v) is 4.89. The van der Waals surface area contributed by atoms with Crippen LogP contribution in [0.2, 0.25) is 0 Å². The fourth-order valence-electron chi connectivity index (χ4n) is 3.55. The maximum absolute atomic E-state index is 12.8. The molecule has 0 unspecified atom stereocenters. The Labute approximate surface area is 161 Å². The lowest BCUT2D eigenvalue weighted by Crippen LogP contribution is -2.39. The van der Waals surface area contributed by atoms with E-state index in [1.165, 1.54) is 7.11 Å². The lowest BCUT2D eigenvalue weighted by atomic mass is 10.2. The van der Waals surface area contributed by atoms with Crippen molar-refractivity contribution in [1.29, 1.82) is 0 Å². The SMILES string of the molecule is COc1ncccc1NC(=O)C(=O)N1CCC[C@@H]1c1nc2ccc(C)cc2[nH]1. The highest BCUT2D eigenvalue weighted by Crippen LogP contribution is 2.32. The van der Waals surface area contributed by atoms with E-state index in [9.17, 15) is 9.59 Å². The number of rotatable bonds is 3. The minimum Gasteiger partial charge on any atom is -0.480 e. The molecule has 1 aliphatic heterocycles. The number of nitrogens with zero attached hydrogens (tertiary/aromatic N) is 3. The third-order valence-electron chi connectivity index (χ3n) is 4.89. The number of hydrogen-bond acceptors (Lipinski definition) is 5. The summed E-state index contributed by atoms with van der Waals surface area (Å²) in [4.78, 5) is 38.9. The Kier molecular flexibility index (Phi) is 4.68. The van der Waals surface area contributed by atoms with E-state index in [4.69, 9.17) is 4.74 Å². The van der Waals surface area contributed by atoms with E-state index in [0.29, 0.717) is 18.1 Å². The number of aryl methyl sites for hydroxylation is 1. The number of aromatic amines is 1. The molecule has 28 heavy (non-hydrogen) atoms. The zero-order valence-electron chi connectivity index (χ0n) is 15.7. The predicted octanol–water partition coefficient (Wildman–Crippen LogP) is 2.58. The van der Waals surface area contributed by atoms with Gasteiger partial charge in [0.1, 0.15) is 11.5 Å². The van der Waals surface area contributed by atoms with Crippen LogP contribution in [0.5, 0.6) is 5.88 Å². The summed E-state index contributed by atoms with van der Waals surface area (Å²) in [5.74, 6) is -0.345. The van der Waals surface area contributed by atoms with Crippen LogP contribution in [0, 0.1) is 6.92 Å². The molecule has 0 saturated carbocycles. The molecule has 0 bridgehead atoms. The summed E-state index contributed by atoms with van der Waals surface area (Å²) in [7, 11) is 1.46. The van der Waals surface area contributed by atoms with E-state index in [-0.39, 0.29) is 11.9 Å². The number of methoxy groups -OCH3 is 1. The number of H-pyrrole nitrogens is 1. The van der Waals surface area contributed by atoms with Gasteiger partial charge in [0.15, 0.2) is 0 Å². The lowest BCUT2D eigenvalue weighted by Gasteiger charge is -2.22. The fraction of sp³-hybridized carbons (Fsp3) is 0.300. The van der Waals surface area contributed by atoms with Gasteiger partial charge in [-0.25, -0.2) is 9.97 Å². The van der Waals surface area contributed by atoms with Crippen LogP contribution in [0.4, 0.5) is 5.69 Å². The molecule has 2 amide bonds. The molecule has 144 valence electrons. The first kappa shape index (κ1) is 18.0. The highest BCUT2D eigenvalue weighted by Gasteiger charge is 2.35. The van der Waals surface area contributed by atoms with Gasteiger partial charge in [0.2, 0.25) is 5.88 Å². The number of amides is 2. The molecular formula is C20H21N5O3. The van der Waals surface area contributed by atoms with Crippen LogP contribution in [0.3, 0.4) is 0 Å². The molecule has 2 N–H and O–H groups in total. The van der Waals surface area contributed by atoms with Crippen LogP contribution in [0.15, 0.2) is 36.5 Å². The van der Waals surface area contributed by atoms with Gasteiger partial charge in [-0.2, -0.15) is 0 Å². The van der Waals surface area contributed by atoms with Gasteiger partial charge >= 0.3 is 11.8 Å². The Hall–Kier alpha value is -3.42. The molecule has 0 spiro atoms. The second-order valence-corrected chi connectivity index (χ2v) is 6.81. The van der Waals surface area contributed by atoms with Gasteiger partial charge < -0.3 is 19.9 Å². The summed E-state index contributed by atoms with van der Waals surface area (Å²) in [5, 5.41) is 2.60. The second-order valence-electron chi connectivity index (χ2n) is 6.81. The molecule has 1 aromatic carbocycles. The number of carbonyl (C=O) groups is 2. The second kappa shape index (κ2) is 7.30. The summed E-state index contributed by atoms with van der Waals surface area (Å²) < 4.78 is 5.12. The summed E-state index contributed by atoms with van der Waals surface area (Å²) in [6.07, 6.45) is 3.13. The zero-order valence-corrected chi connectivity index (χ0v) is 15.7. The highest BCUT2D eigenvalue weighted by atomic mass is 16.5. The zero-order chi connectivity index (χ0) is 19.7. The van der Waals surface area contributed by atoms with Crippen LogP contribution in [-0.2, 0) is 9.59 Å². The molecule has 0 aliphatic carbocycles. The van der Waals surface area contributed by atoms with E-state index in [0.717, 1.165) is 29.4 Å². The van der Waals surface area contributed by atoms with Gasteiger partial charge in [0.25, 0.3) is 0 Å². The summed E-state index contributed by atoms with van der Waals surface area (Å²) in [6, 6.07) is 9.03. The summed E-state index contributed by atoms with van der Waals surface area (Å²) in [5.41, 5.74) is 3.27. The maximum atomic E-state index is 12.8. The normalized spacial score (nSPS) is 16.4. The Morgan fingerprint density at radius 1 is 1.32 bits per heavy atom. The topological polar surface area (TPSA) is 100 Å². The monoisotopic (exact) mass is 379 g/mol. The van der Waals surface area contributed by atoms with Crippen LogP contribution < -0.4 is 10.1 Å². The molecule has 3 aromatic rings. The van der Waals surface area contributed by atoms with Crippen LogP contribution in [0.25, 0.3) is 11.0 Å². The Bertz CT molecular complexity index is 1050. The number of pyridine rings is 1. The van der Waals surface area contributed by atoms with Crippen molar-refractivity contribution < 1.29 is 14.3 Å². The van der Waals surface area contributed by atoms with Gasteiger partial charge in [-0.3, -0.25) is 9.59 Å². The maximum Gasteiger partial charge on any atom is 0.314 e. The van der Waals surface area contributed by atoms with E-state index in [2.05, 4.69) is 20.3 Å². The van der Waals surface area contributed by atoms with Crippen LogP contribution in [0.1, 0.15) is 30.3 Å². The molecule has 1 fully saturated rings. The number of anilines is 1. The molecular weight excluding hydrogens is 358 g/mol. The molecule has 3 heterocycles. The van der Waals surface area contributed by atoms with E-state index in [1.54, 1.807) is 23.2 Å². The number of hydrogen-bond donors (Lipinski definition) is 2. The first-order chi connectivity index (χ1) is 13.6. The Morgan fingerprint density at radius 3 is 3.00 bits per heavy atom. The molecule has 4 rings (SSSR count). The molecule has 2 aromatic heterocycles. The van der Waals surface area contributed by atoms with Crippen molar-refractivity contribution in [2.75, 3.05) is 19.0 Å². The van der Waals surface area contributed by atoms with Gasteiger partial charge in [-0.15, -0.1) is 0 Å². The summed E-state index contributed by atoms with van der Waals surface area (Å²) in [6.45, 7) is 2.53. The summed E-state index contributed by atoms with van der Waals surface area (Å²) >= 11 is 0. The number of likely N-dealkylation sites (tertiary alicyclic amines) is 1. The predicted molar refractivity (Wildman–Crippen MR) is 104 cm³/mol. The molecule has 8 nitrogen and oxygen atoms in total. The van der Waals surface area contributed by atoms with Crippen molar-refractivity contribution in [1.82, 2.24) is 19.9 Å². The first-order valence-corrected chi connectivity index (χ1v) is 9.14. The standard InChI is InChI=1S/C20H21N5O3/c1-12-7-8-13-15(11-12)23-17(22-13)16-6-4-10-25(16)20(27)18(26)24-14-5-3-9-21-19(14)28-2/h3,5,7-9,11,16H,4,6,10H2,1-2H3,(H,22,23)(H,24,26)/t16-/m1/s1. The largest absolute Gasteiger partial charge is 0.480 e. The number of carbonyl (C=O) groups excluding carboxylic acids is 2. The average Bonchev–Trinajstić information content (AvgIpc) is 3.34. The van der Waals surface area contributed by atoms with Crippen molar-refractivity contribution >= 4 is 28.5 Å². The minimum atomic E-state index is -0.717. The minimum absolute atomic E-state index is 0.248. The van der Waals surface area contributed by atoms with Gasteiger partial charge in [-0.1, -0.05) is 6.07 Å². The van der Waals surface area contributed by atoms with Crippen molar-refractivity contribution in [3.63, 3.8) is 0 Å². The van der Waals surface area contributed by atoms with Crippen LogP contribution >= 0.6 is 0 Å². The third kappa shape index (κ3) is 3.28. The number of imidazole rings is 1. The van der Waals surface area contributed by atoms with Crippen molar-refractivity contribution in [3.8, 4) is 5.88 Å². The van der Waals surface area contributed by atoms with Crippen molar-refractivity contribution in [3.05, 3.63) is 47.9 Å². The van der Waals surface area contributed by atoms with Crippen molar-refractivity contribution in [2.45, 2.75) is 25.8 Å². The molecule has 1 aliphatic rings. The number of fused-ring (bicyclic) bond motifs is 1. The number of benzene rings is 1. The van der Waals surface area contributed by atoms with E-state index >= 15 is 0 Å². The molecule has 1 saturated heterocycles. The average molecular weight is 379 g/mol. The van der Waals surface area contributed by atoms with Gasteiger partial charge in [-0.05, 0) is 49.6 Å². The smallest absolute Gasteiger partial charge is 0.314 e. The van der Waals surface area contributed by atoms with Crippen molar-refractivity contribution in [2.24, 2.45) is 0 Å². The Morgan fingerprint density at radius 2 is 2.18 bits per heavy atom. The Balaban J connectivity index is 1.55. The molecule has 1 atom stereocenters. The molecule has 8 heteroatoms. The van der Waals surface area contributed by atoms with Gasteiger partial charge in [0.05, 0.1) is 24.2 Å². The quantitative estimate of drug-likeness (QED) is 0.681. The number of ether oxygens (including phenoxy) is 1. The fourth-order valence-corrected chi connectivity index (χ4v) is 3.55. The number of nitrogens with one attached hydrogen (secondary N) is 2. The first-order valence-electron chi connectivity index (χ1n) is 9.14. The van der Waals surface area contributed by atoms with E-state index < -0.39 is 11.8 Å². The lowest BCUT2D eigenvalue weighted by molar-refractivity contribution is -0.143. The van der Waals surface area contributed by atoms with Crippen LogP contribution in [-0.4, -0.2) is 45.3 Å². The molecule has 0 radical (unpaired) electrons.